The molecule has 0 saturated carbocycles. The molecule has 0 aliphatic carbocycles. The number of hydrogen-bond donors (Lipinski definition) is 3. The summed E-state index contributed by atoms with van der Waals surface area (Å²) >= 11 is 1.80. The summed E-state index contributed by atoms with van der Waals surface area (Å²) in [5.41, 5.74) is 3.98. The summed E-state index contributed by atoms with van der Waals surface area (Å²) in [6.07, 6.45) is 1.62. The van der Waals surface area contributed by atoms with Gasteiger partial charge in [0.25, 0.3) is 0 Å². The molecule has 1 atom stereocenters. The molecule has 8 nitrogen and oxygen atoms in total. The third kappa shape index (κ3) is 4.67. The van der Waals surface area contributed by atoms with Crippen molar-refractivity contribution in [2.45, 2.75) is 44.1 Å². The van der Waals surface area contributed by atoms with Crippen LogP contribution in [0.1, 0.15) is 29.5 Å². The van der Waals surface area contributed by atoms with Crippen LogP contribution in [0.2, 0.25) is 0 Å². The van der Waals surface area contributed by atoms with E-state index in [-0.39, 0.29) is 29.6 Å². The molecule has 3 N–H and O–H groups in total. The van der Waals surface area contributed by atoms with E-state index in [9.17, 15) is 9.59 Å². The Hall–Kier alpha value is -2.91. The minimum atomic E-state index is -0.242. The van der Waals surface area contributed by atoms with E-state index in [1.807, 2.05) is 55.1 Å². The van der Waals surface area contributed by atoms with Gasteiger partial charge in [0, 0.05) is 31.1 Å². The Labute approximate surface area is 203 Å². The molecular formula is C25H30N4O4S. The first-order chi connectivity index (χ1) is 16.4. The predicted molar refractivity (Wildman–Crippen MR) is 132 cm³/mol. The second-order valence-electron chi connectivity index (χ2n) is 9.09. The molecule has 3 heterocycles. The van der Waals surface area contributed by atoms with Crippen molar-refractivity contribution >= 4 is 29.4 Å². The first-order valence-corrected chi connectivity index (χ1v) is 12.6. The monoisotopic (exact) mass is 482 g/mol. The summed E-state index contributed by atoms with van der Waals surface area (Å²) in [7, 11) is 0. The van der Waals surface area contributed by atoms with E-state index >= 15 is 0 Å². The summed E-state index contributed by atoms with van der Waals surface area (Å²) in [6, 6.07) is 11.4. The minimum absolute atomic E-state index is 0.00255. The maximum absolute atomic E-state index is 12.8. The molecule has 2 aromatic rings. The fraction of sp³-hybridized carbons (Fsp3) is 0.440. The van der Waals surface area contributed by atoms with Crippen molar-refractivity contribution in [1.29, 1.82) is 0 Å². The lowest BCUT2D eigenvalue weighted by Crippen LogP contribution is -2.54. The number of likely N-dealkylation sites (tertiary alicyclic amines) is 1. The lowest BCUT2D eigenvalue weighted by Gasteiger charge is -2.39. The highest BCUT2D eigenvalue weighted by molar-refractivity contribution is 8.01. The molecule has 2 saturated heterocycles. The summed E-state index contributed by atoms with van der Waals surface area (Å²) in [5.74, 6) is 2.17. The maximum Gasteiger partial charge on any atom is 0.321 e. The van der Waals surface area contributed by atoms with Crippen molar-refractivity contribution in [2.75, 3.05) is 31.0 Å². The van der Waals surface area contributed by atoms with Gasteiger partial charge in [0.15, 0.2) is 11.5 Å². The smallest absolute Gasteiger partial charge is 0.321 e. The maximum atomic E-state index is 12.8. The number of hydrogen-bond acceptors (Lipinski definition) is 6. The number of ether oxygens (including phenoxy) is 2. The van der Waals surface area contributed by atoms with Crippen molar-refractivity contribution < 1.29 is 19.1 Å². The molecular weight excluding hydrogens is 452 g/mol. The number of para-hydroxylation sites is 1. The van der Waals surface area contributed by atoms with E-state index in [0.29, 0.717) is 25.4 Å². The highest BCUT2D eigenvalue weighted by Gasteiger charge is 2.44. The van der Waals surface area contributed by atoms with Crippen LogP contribution in [-0.2, 0) is 11.3 Å². The minimum Gasteiger partial charge on any atom is -0.454 e. The van der Waals surface area contributed by atoms with Crippen molar-refractivity contribution in [1.82, 2.24) is 15.5 Å². The zero-order valence-electron chi connectivity index (χ0n) is 19.5. The van der Waals surface area contributed by atoms with Gasteiger partial charge in [0.1, 0.15) is 0 Å². The topological polar surface area (TPSA) is 91.9 Å². The summed E-state index contributed by atoms with van der Waals surface area (Å²) in [6.45, 7) is 6.00. The molecule has 2 fully saturated rings. The normalized spacial score (nSPS) is 20.4. The van der Waals surface area contributed by atoms with Crippen LogP contribution in [-0.4, -0.2) is 53.4 Å². The van der Waals surface area contributed by atoms with Crippen LogP contribution in [0.3, 0.4) is 0 Å². The molecule has 0 bridgehead atoms. The van der Waals surface area contributed by atoms with Crippen LogP contribution < -0.4 is 25.4 Å². The number of fused-ring (bicyclic) bond motifs is 1. The Morgan fingerprint density at radius 1 is 1.12 bits per heavy atom. The molecule has 0 aromatic heterocycles. The Bertz CT molecular complexity index is 1080. The molecule has 2 aromatic carbocycles. The first-order valence-electron chi connectivity index (χ1n) is 11.6. The number of carbonyl (C=O) groups is 2. The third-order valence-corrected chi connectivity index (χ3v) is 8.33. The number of nitrogens with zero attached hydrogens (tertiary/aromatic N) is 1. The molecule has 3 aliphatic rings. The fourth-order valence-corrected chi connectivity index (χ4v) is 6.12. The SMILES string of the molecule is Cc1cccc(C)c1NC(=O)N1CCC2(CC1)NC(C(=O)NCc1ccc3c(c1)OCO3)CS2. The van der Waals surface area contributed by atoms with Gasteiger partial charge in [0.05, 0.1) is 10.9 Å². The summed E-state index contributed by atoms with van der Waals surface area (Å²) in [5, 5.41) is 9.67. The Balaban J connectivity index is 1.11. The predicted octanol–water partition coefficient (Wildman–Crippen LogP) is 3.38. The van der Waals surface area contributed by atoms with Gasteiger partial charge in [-0.1, -0.05) is 24.3 Å². The lowest BCUT2D eigenvalue weighted by molar-refractivity contribution is -0.122. The zero-order valence-corrected chi connectivity index (χ0v) is 20.3. The van der Waals surface area contributed by atoms with Crippen LogP contribution in [0.25, 0.3) is 0 Å². The summed E-state index contributed by atoms with van der Waals surface area (Å²) in [4.78, 5) is 27.4. The van der Waals surface area contributed by atoms with Gasteiger partial charge in [0.2, 0.25) is 12.7 Å². The quantitative estimate of drug-likeness (QED) is 0.619. The van der Waals surface area contributed by atoms with Crippen molar-refractivity contribution in [2.24, 2.45) is 0 Å². The van der Waals surface area contributed by atoms with E-state index in [2.05, 4.69) is 16.0 Å². The number of urea groups is 1. The number of nitrogens with one attached hydrogen (secondary N) is 3. The van der Waals surface area contributed by atoms with Crippen molar-refractivity contribution in [3.05, 3.63) is 53.1 Å². The van der Waals surface area contributed by atoms with Gasteiger partial charge in [-0.3, -0.25) is 10.1 Å². The Morgan fingerprint density at radius 3 is 2.62 bits per heavy atom. The van der Waals surface area contributed by atoms with E-state index in [4.69, 9.17) is 9.47 Å². The van der Waals surface area contributed by atoms with Gasteiger partial charge in [-0.05, 0) is 55.5 Å². The number of aryl methyl sites for hydroxylation is 2. The number of rotatable bonds is 4. The van der Waals surface area contributed by atoms with Crippen LogP contribution in [0.15, 0.2) is 36.4 Å². The van der Waals surface area contributed by atoms with E-state index in [0.717, 1.165) is 46.7 Å². The molecule has 3 amide bonds. The molecule has 1 spiro atoms. The zero-order chi connectivity index (χ0) is 23.7. The summed E-state index contributed by atoms with van der Waals surface area (Å²) < 4.78 is 10.7. The Kier molecular flexibility index (Phi) is 6.31. The number of thioether (sulfide) groups is 1. The molecule has 9 heteroatoms. The molecule has 3 aliphatic heterocycles. The van der Waals surface area contributed by atoms with Gasteiger partial charge in [-0.25, -0.2) is 4.79 Å². The third-order valence-electron chi connectivity index (χ3n) is 6.76. The van der Waals surface area contributed by atoms with E-state index in [1.54, 1.807) is 11.8 Å². The van der Waals surface area contributed by atoms with Gasteiger partial charge >= 0.3 is 6.03 Å². The highest BCUT2D eigenvalue weighted by Crippen LogP contribution is 2.39. The van der Waals surface area contributed by atoms with Crippen molar-refractivity contribution in [3.8, 4) is 11.5 Å². The molecule has 180 valence electrons. The lowest BCUT2D eigenvalue weighted by atomic mass is 10.0. The average molecular weight is 483 g/mol. The molecule has 34 heavy (non-hydrogen) atoms. The number of carbonyl (C=O) groups excluding carboxylic acids is 2. The largest absolute Gasteiger partial charge is 0.454 e. The molecule has 0 radical (unpaired) electrons. The van der Waals surface area contributed by atoms with Crippen molar-refractivity contribution in [3.63, 3.8) is 0 Å². The molecule has 5 rings (SSSR count). The van der Waals surface area contributed by atoms with Crippen LogP contribution in [0.4, 0.5) is 10.5 Å². The average Bonchev–Trinajstić information content (AvgIpc) is 3.47. The van der Waals surface area contributed by atoms with E-state index < -0.39 is 0 Å². The number of amides is 3. The van der Waals surface area contributed by atoms with Gasteiger partial charge in [-0.15, -0.1) is 11.8 Å². The van der Waals surface area contributed by atoms with Gasteiger partial charge in [-0.2, -0.15) is 0 Å². The number of anilines is 1. The molecule has 1 unspecified atom stereocenters. The standard InChI is InChI=1S/C25H30N4O4S/c1-16-4-3-5-17(2)22(16)27-24(31)29-10-8-25(9-11-29)28-19(14-34-25)23(30)26-13-18-6-7-20-21(12-18)33-15-32-20/h3-7,12,19,28H,8-11,13-15H2,1-2H3,(H,26,30)(H,27,31). The second kappa shape index (κ2) is 9.38. The fourth-order valence-electron chi connectivity index (χ4n) is 4.71. The van der Waals surface area contributed by atoms with Crippen LogP contribution in [0.5, 0.6) is 11.5 Å². The van der Waals surface area contributed by atoms with Crippen LogP contribution in [0, 0.1) is 13.8 Å². The number of benzene rings is 2. The van der Waals surface area contributed by atoms with E-state index in [1.165, 1.54) is 0 Å². The highest BCUT2D eigenvalue weighted by atomic mass is 32.2. The van der Waals surface area contributed by atoms with Gasteiger partial charge < -0.3 is 25.0 Å². The van der Waals surface area contributed by atoms with Crippen LogP contribution >= 0.6 is 11.8 Å². The Morgan fingerprint density at radius 2 is 1.85 bits per heavy atom. The second-order valence-corrected chi connectivity index (χ2v) is 10.5. The number of piperidine rings is 1. The first kappa shape index (κ1) is 22.9.